The van der Waals surface area contributed by atoms with Crippen LogP contribution in [0.2, 0.25) is 10.0 Å². The van der Waals surface area contributed by atoms with Crippen molar-refractivity contribution in [2.75, 3.05) is 0 Å². The van der Waals surface area contributed by atoms with Crippen molar-refractivity contribution >= 4 is 23.2 Å². The van der Waals surface area contributed by atoms with Gasteiger partial charge in [0.05, 0.1) is 5.02 Å². The van der Waals surface area contributed by atoms with Gasteiger partial charge < -0.3 is 4.74 Å². The number of benzene rings is 2. The molecule has 1 aliphatic rings. The highest BCUT2D eigenvalue weighted by Gasteiger charge is 2.21. The number of rotatable bonds is 1. The summed E-state index contributed by atoms with van der Waals surface area (Å²) < 4.78 is 5.55. The van der Waals surface area contributed by atoms with Crippen LogP contribution in [0, 0.1) is 6.61 Å². The molecule has 0 amide bonds. The third kappa shape index (κ3) is 1.80. The molecule has 0 aromatic heterocycles. The van der Waals surface area contributed by atoms with E-state index in [2.05, 4.69) is 0 Å². The summed E-state index contributed by atoms with van der Waals surface area (Å²) in [4.78, 5) is 0. The fraction of sp³-hybridized carbons (Fsp3) is 0.0714. The lowest BCUT2D eigenvalue weighted by atomic mass is 10.0. The maximum atomic E-state index is 6.26. The molecule has 85 valence electrons. The van der Waals surface area contributed by atoms with Crippen molar-refractivity contribution in [3.05, 3.63) is 58.6 Å². The first-order valence-corrected chi connectivity index (χ1v) is 6.07. The van der Waals surface area contributed by atoms with E-state index in [9.17, 15) is 0 Å². The molecule has 0 saturated carbocycles. The number of hydrogen-bond acceptors (Lipinski definition) is 1. The van der Waals surface area contributed by atoms with Crippen LogP contribution in [0.15, 0.2) is 36.4 Å². The van der Waals surface area contributed by atoms with Gasteiger partial charge in [0.15, 0.2) is 0 Å². The minimum atomic E-state index is 0.659. The van der Waals surface area contributed by atoms with Gasteiger partial charge in [-0.05, 0) is 17.7 Å². The van der Waals surface area contributed by atoms with Gasteiger partial charge in [-0.3, -0.25) is 0 Å². The second-order valence-electron chi connectivity index (χ2n) is 3.88. The summed E-state index contributed by atoms with van der Waals surface area (Å²) in [6, 6.07) is 11.5. The van der Waals surface area contributed by atoms with Crippen molar-refractivity contribution in [3.63, 3.8) is 0 Å². The summed E-state index contributed by atoms with van der Waals surface area (Å²) in [7, 11) is 0. The Hall–Kier alpha value is -1.18. The highest BCUT2D eigenvalue weighted by Crippen LogP contribution is 2.44. The number of halogens is 2. The Labute approximate surface area is 110 Å². The summed E-state index contributed by atoms with van der Waals surface area (Å²) in [5, 5.41) is 1.34. The Morgan fingerprint density at radius 1 is 0.941 bits per heavy atom. The van der Waals surface area contributed by atoms with Crippen molar-refractivity contribution in [1.29, 1.82) is 0 Å². The highest BCUT2D eigenvalue weighted by atomic mass is 35.5. The molecule has 0 fully saturated rings. The lowest BCUT2D eigenvalue weighted by Crippen LogP contribution is -1.87. The number of fused-ring (bicyclic) bond motifs is 1. The average molecular weight is 264 g/mol. The van der Waals surface area contributed by atoms with Crippen molar-refractivity contribution in [2.45, 2.75) is 6.42 Å². The van der Waals surface area contributed by atoms with Crippen LogP contribution >= 0.6 is 23.2 Å². The Balaban J connectivity index is 2.28. The van der Waals surface area contributed by atoms with Crippen LogP contribution in [0.3, 0.4) is 0 Å². The predicted octanol–water partition coefficient (Wildman–Crippen LogP) is 4.76. The fourth-order valence-corrected chi connectivity index (χ4v) is 2.51. The molecule has 1 aliphatic heterocycles. The zero-order valence-corrected chi connectivity index (χ0v) is 10.4. The van der Waals surface area contributed by atoms with Crippen LogP contribution in [0.25, 0.3) is 11.1 Å². The predicted molar refractivity (Wildman–Crippen MR) is 70.5 cm³/mol. The Kier molecular flexibility index (Phi) is 2.73. The van der Waals surface area contributed by atoms with E-state index in [4.69, 9.17) is 27.9 Å². The number of hydrogen-bond donors (Lipinski definition) is 0. The number of ether oxygens (including phenoxy) is 1. The molecule has 0 unspecified atom stereocenters. The quantitative estimate of drug-likeness (QED) is 0.721. The Bertz CT molecular complexity index is 578. The van der Waals surface area contributed by atoms with Crippen LogP contribution in [-0.2, 0) is 6.42 Å². The Morgan fingerprint density at radius 2 is 1.76 bits per heavy atom. The van der Waals surface area contributed by atoms with Crippen molar-refractivity contribution in [2.24, 2.45) is 0 Å². The fourth-order valence-electron chi connectivity index (χ4n) is 2.03. The molecule has 2 aromatic carbocycles. The van der Waals surface area contributed by atoms with Gasteiger partial charge in [0.1, 0.15) is 12.4 Å². The first kappa shape index (κ1) is 10.9. The summed E-state index contributed by atoms with van der Waals surface area (Å²) in [6.07, 6.45) is 0.809. The first-order valence-electron chi connectivity index (χ1n) is 5.32. The van der Waals surface area contributed by atoms with E-state index in [0.717, 1.165) is 28.9 Å². The average Bonchev–Trinajstić information content (AvgIpc) is 2.79. The highest BCUT2D eigenvalue weighted by molar-refractivity contribution is 6.36. The van der Waals surface area contributed by atoms with E-state index in [1.807, 2.05) is 36.4 Å². The minimum Gasteiger partial charge on any atom is -0.485 e. The standard InChI is InChI=1S/C14H9Cl2O/c15-11-4-2-1-3-10(11)13-12(16)6-5-9-7-8-17-14(9)13/h1-6,8H,7H2. The van der Waals surface area contributed by atoms with E-state index in [-0.39, 0.29) is 0 Å². The van der Waals surface area contributed by atoms with E-state index in [1.54, 1.807) is 6.61 Å². The van der Waals surface area contributed by atoms with Crippen LogP contribution in [0.4, 0.5) is 0 Å². The second kappa shape index (κ2) is 4.25. The Morgan fingerprint density at radius 3 is 2.59 bits per heavy atom. The van der Waals surface area contributed by atoms with E-state index in [0.29, 0.717) is 10.0 Å². The molecule has 0 saturated heterocycles. The maximum Gasteiger partial charge on any atom is 0.140 e. The topological polar surface area (TPSA) is 9.23 Å². The summed E-state index contributed by atoms with van der Waals surface area (Å²) in [6.45, 7) is 1.78. The van der Waals surface area contributed by atoms with Crippen molar-refractivity contribution in [3.8, 4) is 16.9 Å². The van der Waals surface area contributed by atoms with E-state index < -0.39 is 0 Å². The van der Waals surface area contributed by atoms with Crippen LogP contribution in [-0.4, -0.2) is 0 Å². The lowest BCUT2D eigenvalue weighted by molar-refractivity contribution is 0.436. The van der Waals surface area contributed by atoms with Gasteiger partial charge in [-0.15, -0.1) is 0 Å². The van der Waals surface area contributed by atoms with Crippen LogP contribution in [0.5, 0.6) is 5.75 Å². The van der Waals surface area contributed by atoms with Crippen molar-refractivity contribution in [1.82, 2.24) is 0 Å². The molecule has 0 N–H and O–H groups in total. The van der Waals surface area contributed by atoms with Gasteiger partial charge in [-0.2, -0.15) is 0 Å². The molecule has 3 rings (SSSR count). The normalized spacial score (nSPS) is 13.3. The van der Waals surface area contributed by atoms with Crippen LogP contribution in [0.1, 0.15) is 5.56 Å². The smallest absolute Gasteiger partial charge is 0.140 e. The molecular weight excluding hydrogens is 255 g/mol. The molecule has 0 bridgehead atoms. The molecule has 1 radical (unpaired) electrons. The monoisotopic (exact) mass is 263 g/mol. The first-order chi connectivity index (χ1) is 8.27. The van der Waals surface area contributed by atoms with Gasteiger partial charge in [-0.1, -0.05) is 47.5 Å². The molecule has 3 heteroatoms. The summed E-state index contributed by atoms with van der Waals surface area (Å²) in [5.74, 6) is 0.825. The molecule has 0 atom stereocenters. The van der Waals surface area contributed by atoms with Gasteiger partial charge in [0, 0.05) is 22.6 Å². The van der Waals surface area contributed by atoms with Gasteiger partial charge >= 0.3 is 0 Å². The molecular formula is C14H9Cl2O. The van der Waals surface area contributed by atoms with Crippen LogP contribution < -0.4 is 4.74 Å². The second-order valence-corrected chi connectivity index (χ2v) is 4.69. The van der Waals surface area contributed by atoms with Gasteiger partial charge in [0.2, 0.25) is 0 Å². The zero-order chi connectivity index (χ0) is 11.8. The maximum absolute atomic E-state index is 6.26. The van der Waals surface area contributed by atoms with Gasteiger partial charge in [0.25, 0.3) is 0 Å². The van der Waals surface area contributed by atoms with E-state index in [1.165, 1.54) is 0 Å². The molecule has 1 nitrogen and oxygen atoms in total. The molecule has 1 heterocycles. The van der Waals surface area contributed by atoms with E-state index >= 15 is 0 Å². The summed E-state index contributed by atoms with van der Waals surface area (Å²) in [5.41, 5.74) is 2.93. The van der Waals surface area contributed by atoms with Crippen molar-refractivity contribution < 1.29 is 4.74 Å². The largest absolute Gasteiger partial charge is 0.485 e. The molecule has 17 heavy (non-hydrogen) atoms. The third-order valence-corrected chi connectivity index (χ3v) is 3.48. The third-order valence-electron chi connectivity index (χ3n) is 2.84. The molecule has 0 spiro atoms. The van der Waals surface area contributed by atoms with Gasteiger partial charge in [-0.25, -0.2) is 0 Å². The summed E-state index contributed by atoms with van der Waals surface area (Å²) >= 11 is 12.5. The zero-order valence-electron chi connectivity index (χ0n) is 8.91. The SMILES string of the molecule is Clc1ccccc1-c1c(Cl)ccc2c1O[CH]C2. The molecule has 2 aromatic rings. The minimum absolute atomic E-state index is 0.659. The lowest BCUT2D eigenvalue weighted by Gasteiger charge is -2.11. The molecule has 0 aliphatic carbocycles.